The molecule has 0 saturated heterocycles. The van der Waals surface area contributed by atoms with Gasteiger partial charge in [0.1, 0.15) is 5.75 Å². The van der Waals surface area contributed by atoms with Gasteiger partial charge >= 0.3 is 0 Å². The largest absolute Gasteiger partial charge is 0.481 e. The van der Waals surface area contributed by atoms with Crippen LogP contribution >= 0.6 is 0 Å². The van der Waals surface area contributed by atoms with Gasteiger partial charge in [0.05, 0.1) is 17.5 Å². The van der Waals surface area contributed by atoms with Crippen LogP contribution in [0.5, 0.6) is 5.75 Å². The number of fused-ring (bicyclic) bond motifs is 1. The fourth-order valence-electron chi connectivity index (χ4n) is 3.54. The van der Waals surface area contributed by atoms with Crippen LogP contribution < -0.4 is 15.6 Å². The van der Waals surface area contributed by atoms with Crippen LogP contribution in [0.1, 0.15) is 42.7 Å². The van der Waals surface area contributed by atoms with Crippen LogP contribution in [-0.2, 0) is 4.79 Å². The number of hydrazine groups is 1. The molecular formula is C25H25N5O3. The molecule has 168 valence electrons. The quantitative estimate of drug-likeness (QED) is 0.442. The number of hydrogen-bond acceptors (Lipinski definition) is 5. The molecule has 4 aromatic rings. The number of amides is 2. The number of carbonyl (C=O) groups excluding carboxylic acids is 2. The third-order valence-electron chi connectivity index (χ3n) is 5.17. The zero-order valence-corrected chi connectivity index (χ0v) is 18.6. The van der Waals surface area contributed by atoms with Gasteiger partial charge in [0.2, 0.25) is 0 Å². The first kappa shape index (κ1) is 22.0. The molecule has 0 fully saturated rings. The van der Waals surface area contributed by atoms with Crippen LogP contribution in [0.15, 0.2) is 73.1 Å². The molecule has 4 rings (SSSR count). The predicted octanol–water partition coefficient (Wildman–Crippen LogP) is 3.77. The lowest BCUT2D eigenvalue weighted by Gasteiger charge is -2.16. The Bertz CT molecular complexity index is 1280. The number of nitrogens with one attached hydrogen (secondary N) is 2. The standard InChI is InChI=1S/C25H25N5O3/c1-16(2)23-21(15-27-30(23)22-10-6-7-13-26-22)25(32)29-28-24(31)17(3)33-20-12-11-18-8-4-5-9-19(18)14-20/h4-17H,1-3H3,(H,28,31)(H,29,32). The molecule has 8 heteroatoms. The summed E-state index contributed by atoms with van der Waals surface area (Å²) in [6, 6.07) is 19.0. The zero-order valence-electron chi connectivity index (χ0n) is 18.6. The molecule has 0 spiro atoms. The first-order valence-electron chi connectivity index (χ1n) is 10.7. The Morgan fingerprint density at radius 3 is 2.42 bits per heavy atom. The van der Waals surface area contributed by atoms with Gasteiger partial charge in [0.15, 0.2) is 11.9 Å². The van der Waals surface area contributed by atoms with Gasteiger partial charge in [0, 0.05) is 6.20 Å². The fourth-order valence-corrected chi connectivity index (χ4v) is 3.54. The summed E-state index contributed by atoms with van der Waals surface area (Å²) >= 11 is 0. The third-order valence-corrected chi connectivity index (χ3v) is 5.17. The highest BCUT2D eigenvalue weighted by Crippen LogP contribution is 2.23. The summed E-state index contributed by atoms with van der Waals surface area (Å²) in [5.41, 5.74) is 5.96. The van der Waals surface area contributed by atoms with Crippen molar-refractivity contribution >= 4 is 22.6 Å². The molecule has 8 nitrogen and oxygen atoms in total. The summed E-state index contributed by atoms with van der Waals surface area (Å²) in [5.74, 6) is 0.246. The van der Waals surface area contributed by atoms with Crippen LogP contribution in [0.3, 0.4) is 0 Å². The maximum Gasteiger partial charge on any atom is 0.279 e. The van der Waals surface area contributed by atoms with Crippen LogP contribution in [0, 0.1) is 0 Å². The van der Waals surface area contributed by atoms with Crippen molar-refractivity contribution in [2.24, 2.45) is 0 Å². The summed E-state index contributed by atoms with van der Waals surface area (Å²) in [6.45, 7) is 5.55. The second kappa shape index (κ2) is 9.52. The molecular weight excluding hydrogens is 418 g/mol. The SMILES string of the molecule is CC(Oc1ccc2ccccc2c1)C(=O)NNC(=O)c1cnn(-c2ccccn2)c1C(C)C. The zero-order chi connectivity index (χ0) is 23.4. The summed E-state index contributed by atoms with van der Waals surface area (Å²) in [5, 5.41) is 6.43. The van der Waals surface area contributed by atoms with E-state index in [2.05, 4.69) is 20.9 Å². The summed E-state index contributed by atoms with van der Waals surface area (Å²) in [7, 11) is 0. The van der Waals surface area contributed by atoms with E-state index in [1.54, 1.807) is 17.8 Å². The van der Waals surface area contributed by atoms with E-state index in [4.69, 9.17) is 4.74 Å². The van der Waals surface area contributed by atoms with E-state index in [9.17, 15) is 9.59 Å². The van der Waals surface area contributed by atoms with Crippen LogP contribution in [0.2, 0.25) is 0 Å². The molecule has 0 bridgehead atoms. The van der Waals surface area contributed by atoms with E-state index in [-0.39, 0.29) is 5.92 Å². The van der Waals surface area contributed by atoms with Gasteiger partial charge in [-0.25, -0.2) is 9.67 Å². The van der Waals surface area contributed by atoms with Gasteiger partial charge in [0.25, 0.3) is 11.8 Å². The minimum Gasteiger partial charge on any atom is -0.481 e. The van der Waals surface area contributed by atoms with Crippen molar-refractivity contribution in [3.63, 3.8) is 0 Å². The average molecular weight is 444 g/mol. The Hall–Kier alpha value is -4.20. The predicted molar refractivity (Wildman–Crippen MR) is 125 cm³/mol. The minimum atomic E-state index is -0.813. The van der Waals surface area contributed by atoms with Crippen molar-refractivity contribution in [2.75, 3.05) is 0 Å². The minimum absolute atomic E-state index is 0.00104. The third kappa shape index (κ3) is 4.85. The van der Waals surface area contributed by atoms with Crippen LogP contribution in [-0.4, -0.2) is 32.7 Å². The lowest BCUT2D eigenvalue weighted by atomic mass is 10.1. The molecule has 2 heterocycles. The Morgan fingerprint density at radius 2 is 1.70 bits per heavy atom. The van der Waals surface area contributed by atoms with Crippen molar-refractivity contribution < 1.29 is 14.3 Å². The van der Waals surface area contributed by atoms with Crippen molar-refractivity contribution in [1.29, 1.82) is 0 Å². The van der Waals surface area contributed by atoms with Gasteiger partial charge in [-0.2, -0.15) is 5.10 Å². The molecule has 2 amide bonds. The fraction of sp³-hybridized carbons (Fsp3) is 0.200. The van der Waals surface area contributed by atoms with E-state index in [1.165, 1.54) is 6.20 Å². The van der Waals surface area contributed by atoms with E-state index in [0.717, 1.165) is 10.8 Å². The maximum absolute atomic E-state index is 12.8. The van der Waals surface area contributed by atoms with Crippen molar-refractivity contribution in [3.8, 4) is 11.6 Å². The molecule has 2 aromatic heterocycles. The summed E-state index contributed by atoms with van der Waals surface area (Å²) in [4.78, 5) is 29.6. The molecule has 0 saturated carbocycles. The van der Waals surface area contributed by atoms with Crippen molar-refractivity contribution in [3.05, 3.63) is 84.3 Å². The Balaban J connectivity index is 1.41. The molecule has 2 aromatic carbocycles. The molecule has 0 aliphatic rings. The molecule has 0 radical (unpaired) electrons. The lowest BCUT2D eigenvalue weighted by molar-refractivity contribution is -0.128. The molecule has 1 unspecified atom stereocenters. The van der Waals surface area contributed by atoms with Crippen molar-refractivity contribution in [1.82, 2.24) is 25.6 Å². The molecule has 2 N–H and O–H groups in total. The van der Waals surface area contributed by atoms with E-state index >= 15 is 0 Å². The monoisotopic (exact) mass is 443 g/mol. The van der Waals surface area contributed by atoms with Crippen molar-refractivity contribution in [2.45, 2.75) is 32.8 Å². The summed E-state index contributed by atoms with van der Waals surface area (Å²) in [6.07, 6.45) is 2.32. The first-order chi connectivity index (χ1) is 15.9. The van der Waals surface area contributed by atoms with E-state index in [0.29, 0.717) is 22.8 Å². The number of nitrogens with zero attached hydrogens (tertiary/aromatic N) is 3. The summed E-state index contributed by atoms with van der Waals surface area (Å²) < 4.78 is 7.39. The number of ether oxygens (including phenoxy) is 1. The molecule has 33 heavy (non-hydrogen) atoms. The average Bonchev–Trinajstić information content (AvgIpc) is 3.28. The number of pyridine rings is 1. The number of hydrogen-bond donors (Lipinski definition) is 2. The number of carbonyl (C=O) groups is 2. The van der Waals surface area contributed by atoms with Crippen LogP contribution in [0.25, 0.3) is 16.6 Å². The molecule has 0 aliphatic heterocycles. The van der Waals surface area contributed by atoms with Crippen LogP contribution in [0.4, 0.5) is 0 Å². The topological polar surface area (TPSA) is 98.1 Å². The maximum atomic E-state index is 12.8. The van der Waals surface area contributed by atoms with Gasteiger partial charge in [-0.3, -0.25) is 20.4 Å². The number of benzene rings is 2. The normalized spacial score (nSPS) is 11.9. The Labute approximate surface area is 191 Å². The number of aromatic nitrogens is 3. The second-order valence-corrected chi connectivity index (χ2v) is 7.91. The highest BCUT2D eigenvalue weighted by atomic mass is 16.5. The lowest BCUT2D eigenvalue weighted by Crippen LogP contribution is -2.47. The highest BCUT2D eigenvalue weighted by molar-refractivity contribution is 5.97. The Morgan fingerprint density at radius 1 is 0.939 bits per heavy atom. The second-order valence-electron chi connectivity index (χ2n) is 7.91. The smallest absolute Gasteiger partial charge is 0.279 e. The Kier molecular flexibility index (Phi) is 6.35. The van der Waals surface area contributed by atoms with E-state index in [1.807, 2.05) is 74.5 Å². The van der Waals surface area contributed by atoms with Gasteiger partial charge in [-0.05, 0) is 47.9 Å². The first-order valence-corrected chi connectivity index (χ1v) is 10.7. The molecule has 1 atom stereocenters. The molecule has 0 aliphatic carbocycles. The number of rotatable bonds is 6. The highest BCUT2D eigenvalue weighted by Gasteiger charge is 2.23. The van der Waals surface area contributed by atoms with Gasteiger partial charge in [-0.15, -0.1) is 0 Å². The van der Waals surface area contributed by atoms with Gasteiger partial charge < -0.3 is 4.74 Å². The van der Waals surface area contributed by atoms with E-state index < -0.39 is 17.9 Å². The van der Waals surface area contributed by atoms with Gasteiger partial charge in [-0.1, -0.05) is 50.2 Å².